The van der Waals surface area contributed by atoms with Crippen LogP contribution in [0.25, 0.3) is 0 Å². The molecule has 1 atom stereocenters. The van der Waals surface area contributed by atoms with Gasteiger partial charge in [0, 0.05) is 55.1 Å². The minimum atomic E-state index is 0.282. The summed E-state index contributed by atoms with van der Waals surface area (Å²) in [5.74, 6) is 1.10. The molecule has 0 spiro atoms. The molecular weight excluding hydrogens is 352 g/mol. The second-order valence-corrected chi connectivity index (χ2v) is 6.61. The van der Waals surface area contributed by atoms with E-state index in [1.807, 2.05) is 37.6 Å². The summed E-state index contributed by atoms with van der Waals surface area (Å²) in [7, 11) is 2.05. The molecule has 2 heterocycles. The summed E-state index contributed by atoms with van der Waals surface area (Å²) in [6.45, 7) is 3.78. The quantitative estimate of drug-likeness (QED) is 0.903. The van der Waals surface area contributed by atoms with E-state index < -0.39 is 0 Å². The maximum absolute atomic E-state index is 6.13. The van der Waals surface area contributed by atoms with E-state index in [0.717, 1.165) is 41.5 Å². The van der Waals surface area contributed by atoms with E-state index in [9.17, 15) is 0 Å². The molecule has 112 valence electrons. The van der Waals surface area contributed by atoms with Crippen LogP contribution in [-0.4, -0.2) is 34.1 Å². The first kappa shape index (κ1) is 15.0. The van der Waals surface area contributed by atoms with E-state index in [1.54, 1.807) is 0 Å². The Morgan fingerprint density at radius 2 is 2.33 bits per heavy atom. The van der Waals surface area contributed by atoms with Crippen LogP contribution in [0.15, 0.2) is 35.1 Å². The van der Waals surface area contributed by atoms with Crippen LogP contribution in [0.5, 0.6) is 0 Å². The van der Waals surface area contributed by atoms with Gasteiger partial charge in [0.2, 0.25) is 0 Å². The van der Waals surface area contributed by atoms with Crippen LogP contribution in [-0.2, 0) is 13.6 Å². The van der Waals surface area contributed by atoms with Crippen molar-refractivity contribution in [2.45, 2.75) is 12.6 Å². The molecule has 6 heteroatoms. The minimum Gasteiger partial charge on any atom is -0.337 e. The van der Waals surface area contributed by atoms with Crippen molar-refractivity contribution < 1.29 is 0 Å². The van der Waals surface area contributed by atoms with Gasteiger partial charge in [-0.05, 0) is 23.8 Å². The first-order chi connectivity index (χ1) is 10.1. The third-order valence-corrected chi connectivity index (χ3v) is 4.90. The summed E-state index contributed by atoms with van der Waals surface area (Å²) in [5.41, 5.74) is 1.21. The summed E-state index contributed by atoms with van der Waals surface area (Å²) >= 11 is 9.75. The fourth-order valence-electron chi connectivity index (χ4n) is 2.77. The van der Waals surface area contributed by atoms with Crippen molar-refractivity contribution in [1.29, 1.82) is 0 Å². The number of halogens is 2. The number of piperazine rings is 1. The lowest BCUT2D eigenvalue weighted by Crippen LogP contribution is -2.46. The molecule has 3 rings (SSSR count). The number of imidazole rings is 1. The van der Waals surface area contributed by atoms with Crippen molar-refractivity contribution >= 4 is 27.5 Å². The van der Waals surface area contributed by atoms with Gasteiger partial charge in [0.25, 0.3) is 0 Å². The van der Waals surface area contributed by atoms with Crippen LogP contribution < -0.4 is 5.32 Å². The summed E-state index contributed by atoms with van der Waals surface area (Å²) in [6.07, 6.45) is 3.86. The van der Waals surface area contributed by atoms with Crippen LogP contribution in [0.4, 0.5) is 0 Å². The molecule has 21 heavy (non-hydrogen) atoms. The van der Waals surface area contributed by atoms with Crippen LogP contribution in [0.1, 0.15) is 17.4 Å². The standard InChI is InChI=1S/C15H18BrClN4/c1-20-6-5-19-15(20)14-9-18-4-7-21(14)10-11-8-12(17)2-3-13(11)16/h2-3,5-6,8,14,18H,4,7,9-10H2,1H3. The van der Waals surface area contributed by atoms with Crippen molar-refractivity contribution in [2.75, 3.05) is 19.6 Å². The third kappa shape index (κ3) is 3.31. The summed E-state index contributed by atoms with van der Waals surface area (Å²) in [4.78, 5) is 6.97. The van der Waals surface area contributed by atoms with Gasteiger partial charge in [0.05, 0.1) is 6.04 Å². The van der Waals surface area contributed by atoms with Crippen molar-refractivity contribution in [2.24, 2.45) is 7.05 Å². The maximum Gasteiger partial charge on any atom is 0.127 e. The highest BCUT2D eigenvalue weighted by Gasteiger charge is 2.27. The van der Waals surface area contributed by atoms with Crippen LogP contribution >= 0.6 is 27.5 Å². The Kier molecular flexibility index (Phi) is 4.64. The number of nitrogens with zero attached hydrogens (tertiary/aromatic N) is 3. The first-order valence-corrected chi connectivity index (χ1v) is 8.18. The average Bonchev–Trinajstić information content (AvgIpc) is 2.90. The molecule has 1 aromatic carbocycles. The van der Waals surface area contributed by atoms with Crippen LogP contribution in [0.2, 0.25) is 5.02 Å². The molecule has 0 bridgehead atoms. The Bertz CT molecular complexity index is 628. The number of rotatable bonds is 3. The first-order valence-electron chi connectivity index (χ1n) is 7.01. The predicted octanol–water partition coefficient (Wildman–Crippen LogP) is 2.98. The lowest BCUT2D eigenvalue weighted by Gasteiger charge is -2.36. The van der Waals surface area contributed by atoms with Crippen molar-refractivity contribution in [1.82, 2.24) is 19.8 Å². The van der Waals surface area contributed by atoms with Gasteiger partial charge in [-0.2, -0.15) is 0 Å². The highest BCUT2D eigenvalue weighted by molar-refractivity contribution is 9.10. The van der Waals surface area contributed by atoms with E-state index in [1.165, 1.54) is 5.56 Å². The van der Waals surface area contributed by atoms with Gasteiger partial charge in [-0.3, -0.25) is 4.90 Å². The van der Waals surface area contributed by atoms with Crippen molar-refractivity contribution in [3.63, 3.8) is 0 Å². The van der Waals surface area contributed by atoms with Crippen LogP contribution in [0.3, 0.4) is 0 Å². The van der Waals surface area contributed by atoms with Gasteiger partial charge in [-0.1, -0.05) is 27.5 Å². The molecule has 1 aliphatic heterocycles. The second-order valence-electron chi connectivity index (χ2n) is 5.32. The number of nitrogens with one attached hydrogen (secondary N) is 1. The molecule has 0 amide bonds. The predicted molar refractivity (Wildman–Crippen MR) is 88.4 cm³/mol. The second kappa shape index (κ2) is 6.48. The number of aryl methyl sites for hydroxylation is 1. The molecule has 4 nitrogen and oxygen atoms in total. The largest absolute Gasteiger partial charge is 0.337 e. The molecule has 1 aromatic heterocycles. The SMILES string of the molecule is Cn1ccnc1C1CNCCN1Cc1cc(Cl)ccc1Br. The van der Waals surface area contributed by atoms with E-state index in [0.29, 0.717) is 0 Å². The molecule has 1 saturated heterocycles. The monoisotopic (exact) mass is 368 g/mol. The maximum atomic E-state index is 6.13. The lowest BCUT2D eigenvalue weighted by atomic mass is 10.1. The van der Waals surface area contributed by atoms with Crippen molar-refractivity contribution in [3.8, 4) is 0 Å². The topological polar surface area (TPSA) is 33.1 Å². The molecule has 0 saturated carbocycles. The summed E-state index contributed by atoms with van der Waals surface area (Å²) < 4.78 is 3.20. The number of hydrogen-bond acceptors (Lipinski definition) is 3. The summed E-state index contributed by atoms with van der Waals surface area (Å²) in [5, 5.41) is 4.23. The lowest BCUT2D eigenvalue weighted by molar-refractivity contribution is 0.144. The highest BCUT2D eigenvalue weighted by Crippen LogP contribution is 2.27. The van der Waals surface area contributed by atoms with Crippen molar-refractivity contribution in [3.05, 3.63) is 51.5 Å². The van der Waals surface area contributed by atoms with E-state index in [4.69, 9.17) is 11.6 Å². The smallest absolute Gasteiger partial charge is 0.127 e. The van der Waals surface area contributed by atoms with Gasteiger partial charge in [-0.15, -0.1) is 0 Å². The van der Waals surface area contributed by atoms with E-state index in [-0.39, 0.29) is 6.04 Å². The van der Waals surface area contributed by atoms with Gasteiger partial charge in [-0.25, -0.2) is 4.98 Å². The molecule has 0 radical (unpaired) electrons. The fraction of sp³-hybridized carbons (Fsp3) is 0.400. The average molecular weight is 370 g/mol. The third-order valence-electron chi connectivity index (χ3n) is 3.89. The van der Waals surface area contributed by atoms with Gasteiger partial charge < -0.3 is 9.88 Å². The molecule has 1 N–H and O–H groups in total. The molecule has 1 unspecified atom stereocenters. The molecule has 2 aromatic rings. The zero-order valence-electron chi connectivity index (χ0n) is 11.9. The Balaban J connectivity index is 1.85. The normalized spacial score (nSPS) is 19.9. The van der Waals surface area contributed by atoms with E-state index >= 15 is 0 Å². The van der Waals surface area contributed by atoms with Gasteiger partial charge >= 0.3 is 0 Å². The summed E-state index contributed by atoms with van der Waals surface area (Å²) in [6, 6.07) is 6.23. The molecule has 0 aliphatic carbocycles. The highest BCUT2D eigenvalue weighted by atomic mass is 79.9. The fourth-order valence-corrected chi connectivity index (χ4v) is 3.34. The zero-order chi connectivity index (χ0) is 14.8. The number of hydrogen-bond donors (Lipinski definition) is 1. The molecule has 1 aliphatic rings. The Hall–Kier alpha value is -0.880. The minimum absolute atomic E-state index is 0.282. The number of aromatic nitrogens is 2. The number of benzene rings is 1. The molecular formula is C15H18BrClN4. The van der Waals surface area contributed by atoms with Gasteiger partial charge in [0.15, 0.2) is 0 Å². The van der Waals surface area contributed by atoms with Gasteiger partial charge in [0.1, 0.15) is 5.82 Å². The zero-order valence-corrected chi connectivity index (χ0v) is 14.2. The molecule has 1 fully saturated rings. The van der Waals surface area contributed by atoms with Crippen LogP contribution in [0, 0.1) is 0 Å². The Morgan fingerprint density at radius 3 is 3.10 bits per heavy atom. The van der Waals surface area contributed by atoms with E-state index in [2.05, 4.69) is 35.7 Å². The Labute approximate surface area is 138 Å². The Morgan fingerprint density at radius 1 is 1.48 bits per heavy atom.